The first-order valence-corrected chi connectivity index (χ1v) is 13.1. The average Bonchev–Trinajstić information content (AvgIpc) is 2.84. The topological polar surface area (TPSA) is 49.4 Å². The third-order valence-corrected chi connectivity index (χ3v) is 6.74. The first kappa shape index (κ1) is 26.8. The number of hydrogen-bond donors (Lipinski definition) is 1. The van der Waals surface area contributed by atoms with Crippen LogP contribution in [-0.2, 0) is 28.3 Å². The molecule has 7 heteroatoms. The van der Waals surface area contributed by atoms with Gasteiger partial charge in [0.05, 0.1) is 5.75 Å². The van der Waals surface area contributed by atoms with Crippen LogP contribution in [0.15, 0.2) is 78.9 Å². The SMILES string of the molecule is CC(C)NC(=O)[C@@H](Cc1ccccc1)N(Cc1ccc(F)cc1)C(=O)CSCc1ccccc1Cl. The zero-order chi connectivity index (χ0) is 25.2. The summed E-state index contributed by atoms with van der Waals surface area (Å²) in [4.78, 5) is 28.4. The fraction of sp³-hybridized carbons (Fsp3) is 0.286. The minimum atomic E-state index is -0.710. The summed E-state index contributed by atoms with van der Waals surface area (Å²) < 4.78 is 13.5. The normalized spacial score (nSPS) is 11.8. The largest absolute Gasteiger partial charge is 0.352 e. The predicted octanol–water partition coefficient (Wildman–Crippen LogP) is 5.88. The molecule has 0 radical (unpaired) electrons. The van der Waals surface area contributed by atoms with Gasteiger partial charge in [-0.2, -0.15) is 0 Å². The molecular weight excluding hydrogens is 483 g/mol. The maximum atomic E-state index is 13.5. The molecule has 0 bridgehead atoms. The smallest absolute Gasteiger partial charge is 0.243 e. The second-order valence-electron chi connectivity index (χ2n) is 8.60. The van der Waals surface area contributed by atoms with Crippen LogP contribution in [0.1, 0.15) is 30.5 Å². The highest BCUT2D eigenvalue weighted by Gasteiger charge is 2.30. The summed E-state index contributed by atoms with van der Waals surface area (Å²) in [5.41, 5.74) is 2.67. The quantitative estimate of drug-likeness (QED) is 0.349. The molecule has 0 saturated heterocycles. The Kier molecular flexibility index (Phi) is 10.2. The fourth-order valence-corrected chi connectivity index (χ4v) is 4.86. The van der Waals surface area contributed by atoms with E-state index >= 15 is 0 Å². The van der Waals surface area contributed by atoms with E-state index in [1.54, 1.807) is 17.0 Å². The summed E-state index contributed by atoms with van der Waals surface area (Å²) in [7, 11) is 0. The van der Waals surface area contributed by atoms with E-state index in [9.17, 15) is 14.0 Å². The number of carbonyl (C=O) groups excluding carboxylic acids is 2. The molecule has 3 aromatic carbocycles. The van der Waals surface area contributed by atoms with Crippen molar-refractivity contribution in [3.63, 3.8) is 0 Å². The molecule has 0 spiro atoms. The number of hydrogen-bond acceptors (Lipinski definition) is 3. The monoisotopic (exact) mass is 512 g/mol. The van der Waals surface area contributed by atoms with Crippen molar-refractivity contribution in [1.82, 2.24) is 10.2 Å². The molecule has 0 unspecified atom stereocenters. The van der Waals surface area contributed by atoms with Gasteiger partial charge in [-0.1, -0.05) is 72.3 Å². The van der Waals surface area contributed by atoms with Crippen molar-refractivity contribution in [1.29, 1.82) is 0 Å². The van der Waals surface area contributed by atoms with Crippen molar-refractivity contribution in [2.45, 2.75) is 44.6 Å². The molecular formula is C28H30ClFN2O2S. The van der Waals surface area contributed by atoms with Gasteiger partial charge in [-0.25, -0.2) is 4.39 Å². The Morgan fingerprint density at radius 2 is 1.60 bits per heavy atom. The lowest BCUT2D eigenvalue weighted by Gasteiger charge is -2.32. The van der Waals surface area contributed by atoms with Gasteiger partial charge in [0.2, 0.25) is 11.8 Å². The number of thioether (sulfide) groups is 1. The summed E-state index contributed by atoms with van der Waals surface area (Å²) in [6, 6.07) is 22.4. The average molecular weight is 513 g/mol. The molecule has 0 aliphatic carbocycles. The standard InChI is InChI=1S/C28H30ClFN2O2S/c1-20(2)31-28(34)26(16-21-8-4-3-5-9-21)32(17-22-12-14-24(30)15-13-22)27(33)19-35-18-23-10-6-7-11-25(23)29/h3-15,20,26H,16-19H2,1-2H3,(H,31,34)/t26-/m1/s1. The van der Waals surface area contributed by atoms with Gasteiger partial charge < -0.3 is 10.2 Å². The minimum absolute atomic E-state index is 0.0712. The minimum Gasteiger partial charge on any atom is -0.352 e. The van der Waals surface area contributed by atoms with Crippen molar-refractivity contribution in [3.8, 4) is 0 Å². The van der Waals surface area contributed by atoms with Crippen molar-refractivity contribution in [3.05, 3.63) is 106 Å². The molecule has 0 aliphatic rings. The van der Waals surface area contributed by atoms with Gasteiger partial charge in [0.1, 0.15) is 11.9 Å². The van der Waals surface area contributed by atoms with Crippen LogP contribution < -0.4 is 5.32 Å². The van der Waals surface area contributed by atoms with E-state index in [4.69, 9.17) is 11.6 Å². The van der Waals surface area contributed by atoms with Gasteiger partial charge in [-0.15, -0.1) is 11.8 Å². The Hall–Kier alpha value is -2.83. The van der Waals surface area contributed by atoms with Crippen molar-refractivity contribution in [2.24, 2.45) is 0 Å². The van der Waals surface area contributed by atoms with Crippen LogP contribution in [0.25, 0.3) is 0 Å². The summed E-state index contributed by atoms with van der Waals surface area (Å²) in [6.07, 6.45) is 0.376. The molecule has 0 heterocycles. The van der Waals surface area contributed by atoms with Crippen molar-refractivity contribution in [2.75, 3.05) is 5.75 Å². The Morgan fingerprint density at radius 3 is 2.26 bits per heavy atom. The number of carbonyl (C=O) groups is 2. The van der Waals surface area contributed by atoms with E-state index in [-0.39, 0.29) is 36.0 Å². The van der Waals surface area contributed by atoms with Gasteiger partial charge in [0, 0.05) is 29.8 Å². The van der Waals surface area contributed by atoms with Gasteiger partial charge in [0.15, 0.2) is 0 Å². The molecule has 1 atom stereocenters. The highest BCUT2D eigenvalue weighted by atomic mass is 35.5. The lowest BCUT2D eigenvalue weighted by atomic mass is 10.0. The summed E-state index contributed by atoms with van der Waals surface area (Å²) in [5.74, 6) is 0.0474. The fourth-order valence-electron chi connectivity index (χ4n) is 3.67. The number of benzene rings is 3. The lowest BCUT2D eigenvalue weighted by molar-refractivity contribution is -0.139. The van der Waals surface area contributed by atoms with Gasteiger partial charge >= 0.3 is 0 Å². The maximum Gasteiger partial charge on any atom is 0.243 e. The van der Waals surface area contributed by atoms with Crippen LogP contribution in [0.4, 0.5) is 4.39 Å². The molecule has 35 heavy (non-hydrogen) atoms. The number of nitrogens with zero attached hydrogens (tertiary/aromatic N) is 1. The van der Waals surface area contributed by atoms with Crippen molar-refractivity contribution < 1.29 is 14.0 Å². The van der Waals surface area contributed by atoms with Gasteiger partial charge in [0.25, 0.3) is 0 Å². The maximum absolute atomic E-state index is 13.5. The molecule has 1 N–H and O–H groups in total. The van der Waals surface area contributed by atoms with Crippen LogP contribution in [0.2, 0.25) is 5.02 Å². The molecule has 0 aliphatic heterocycles. The third-order valence-electron chi connectivity index (χ3n) is 5.41. The third kappa shape index (κ3) is 8.41. The zero-order valence-electron chi connectivity index (χ0n) is 19.9. The van der Waals surface area contributed by atoms with Crippen LogP contribution in [-0.4, -0.2) is 34.6 Å². The number of amides is 2. The van der Waals surface area contributed by atoms with E-state index in [1.165, 1.54) is 23.9 Å². The van der Waals surface area contributed by atoms with Gasteiger partial charge in [-0.3, -0.25) is 9.59 Å². The summed E-state index contributed by atoms with van der Waals surface area (Å²) in [5, 5.41) is 3.63. The van der Waals surface area contributed by atoms with Crippen molar-refractivity contribution >= 4 is 35.2 Å². The highest BCUT2D eigenvalue weighted by molar-refractivity contribution is 7.99. The van der Waals surface area contributed by atoms with E-state index in [0.29, 0.717) is 17.2 Å². The Bertz CT molecular complexity index is 1110. The Balaban J connectivity index is 1.84. The lowest BCUT2D eigenvalue weighted by Crippen LogP contribution is -2.52. The second-order valence-corrected chi connectivity index (χ2v) is 9.99. The second kappa shape index (κ2) is 13.3. The molecule has 184 valence electrons. The first-order valence-electron chi connectivity index (χ1n) is 11.5. The van der Waals surface area contributed by atoms with Gasteiger partial charge in [-0.05, 0) is 48.7 Å². The van der Waals surface area contributed by atoms with Crippen LogP contribution >= 0.6 is 23.4 Å². The Morgan fingerprint density at radius 1 is 0.943 bits per heavy atom. The molecule has 0 fully saturated rings. The first-order chi connectivity index (χ1) is 16.8. The molecule has 3 rings (SSSR count). The summed E-state index contributed by atoms with van der Waals surface area (Å²) in [6.45, 7) is 3.99. The van der Waals surface area contributed by atoms with E-state index in [0.717, 1.165) is 16.7 Å². The zero-order valence-corrected chi connectivity index (χ0v) is 21.5. The number of nitrogens with one attached hydrogen (secondary N) is 1. The highest BCUT2D eigenvalue weighted by Crippen LogP contribution is 2.22. The predicted molar refractivity (Wildman–Crippen MR) is 142 cm³/mol. The van der Waals surface area contributed by atoms with Crippen LogP contribution in [0, 0.1) is 5.82 Å². The number of rotatable bonds is 11. The molecule has 2 amide bonds. The summed E-state index contributed by atoms with van der Waals surface area (Å²) >= 11 is 7.71. The van der Waals surface area contributed by atoms with Crippen LogP contribution in [0.3, 0.4) is 0 Å². The van der Waals surface area contributed by atoms with E-state index in [1.807, 2.05) is 68.4 Å². The molecule has 0 saturated carbocycles. The molecule has 3 aromatic rings. The Labute approximate surface area is 215 Å². The van der Waals surface area contributed by atoms with E-state index in [2.05, 4.69) is 5.32 Å². The molecule has 0 aromatic heterocycles. The number of halogens is 2. The molecule has 4 nitrogen and oxygen atoms in total. The van der Waals surface area contributed by atoms with Crippen LogP contribution in [0.5, 0.6) is 0 Å². The van der Waals surface area contributed by atoms with E-state index < -0.39 is 6.04 Å².